The van der Waals surface area contributed by atoms with E-state index >= 15 is 0 Å². The van der Waals surface area contributed by atoms with E-state index in [9.17, 15) is 9.59 Å². The Morgan fingerprint density at radius 2 is 2.00 bits per heavy atom. The van der Waals surface area contributed by atoms with Gasteiger partial charge < -0.3 is 25.0 Å². The number of carbonyl (C=O) groups is 2. The average molecular weight is 269 g/mol. The average Bonchev–Trinajstić information content (AvgIpc) is 2.43. The van der Waals surface area contributed by atoms with E-state index in [-0.39, 0.29) is 11.3 Å². The topological polar surface area (TPSA) is 105 Å². The van der Waals surface area contributed by atoms with Crippen LogP contribution >= 0.6 is 0 Å². The first-order valence-corrected chi connectivity index (χ1v) is 5.40. The summed E-state index contributed by atoms with van der Waals surface area (Å²) >= 11 is 0. The Labute approximate surface area is 109 Å². The second-order valence-electron chi connectivity index (χ2n) is 3.61. The molecule has 1 aromatic carbocycles. The van der Waals surface area contributed by atoms with Crippen LogP contribution in [0.25, 0.3) is 0 Å². The van der Waals surface area contributed by atoms with Crippen LogP contribution in [0.5, 0.6) is 11.5 Å². The summed E-state index contributed by atoms with van der Waals surface area (Å²) in [6, 6.07) is 3.14. The van der Waals surface area contributed by atoms with E-state index in [1.807, 2.05) is 0 Å². The van der Waals surface area contributed by atoms with Gasteiger partial charge in [-0.3, -0.25) is 4.79 Å². The van der Waals surface area contributed by atoms with E-state index in [0.29, 0.717) is 5.75 Å². The summed E-state index contributed by atoms with van der Waals surface area (Å²) in [5.74, 6) is -1.21. The molecule has 104 valence electrons. The third-order valence-electron chi connectivity index (χ3n) is 2.44. The molecule has 0 heterocycles. The van der Waals surface area contributed by atoms with Crippen LogP contribution in [-0.2, 0) is 4.79 Å². The van der Waals surface area contributed by atoms with Crippen molar-refractivity contribution < 1.29 is 29.3 Å². The van der Waals surface area contributed by atoms with Crippen molar-refractivity contribution in [2.75, 3.05) is 20.8 Å². The summed E-state index contributed by atoms with van der Waals surface area (Å²) in [4.78, 5) is 22.6. The lowest BCUT2D eigenvalue weighted by molar-refractivity contribution is -0.140. The first-order valence-electron chi connectivity index (χ1n) is 5.40. The number of methoxy groups -OCH3 is 2. The molecule has 0 saturated heterocycles. The Balaban J connectivity index is 2.96. The van der Waals surface area contributed by atoms with Crippen LogP contribution < -0.4 is 14.8 Å². The molecule has 1 unspecified atom stereocenters. The van der Waals surface area contributed by atoms with Crippen LogP contribution in [-0.4, -0.2) is 49.0 Å². The van der Waals surface area contributed by atoms with Gasteiger partial charge in [-0.15, -0.1) is 0 Å². The fraction of sp³-hybridized carbons (Fsp3) is 0.333. The number of aliphatic hydroxyl groups excluding tert-OH is 1. The zero-order valence-corrected chi connectivity index (χ0v) is 10.5. The van der Waals surface area contributed by atoms with E-state index in [2.05, 4.69) is 5.32 Å². The molecule has 19 heavy (non-hydrogen) atoms. The van der Waals surface area contributed by atoms with Crippen molar-refractivity contribution in [1.82, 2.24) is 5.32 Å². The minimum Gasteiger partial charge on any atom is -0.497 e. The van der Waals surface area contributed by atoms with Gasteiger partial charge in [-0.2, -0.15) is 0 Å². The van der Waals surface area contributed by atoms with Gasteiger partial charge in [0.15, 0.2) is 6.04 Å². The van der Waals surface area contributed by atoms with E-state index in [0.717, 1.165) is 0 Å². The van der Waals surface area contributed by atoms with Crippen molar-refractivity contribution in [2.24, 2.45) is 0 Å². The largest absolute Gasteiger partial charge is 0.497 e. The van der Waals surface area contributed by atoms with Gasteiger partial charge in [0, 0.05) is 6.07 Å². The summed E-state index contributed by atoms with van der Waals surface area (Å²) < 4.78 is 10.0. The molecule has 1 rings (SSSR count). The molecule has 1 atom stereocenters. The summed E-state index contributed by atoms with van der Waals surface area (Å²) in [6.45, 7) is -0.695. The maximum atomic E-state index is 11.9. The highest BCUT2D eigenvalue weighted by Gasteiger charge is 2.21. The second kappa shape index (κ2) is 6.60. The molecule has 7 nitrogen and oxygen atoms in total. The van der Waals surface area contributed by atoms with Crippen LogP contribution in [0, 0.1) is 0 Å². The summed E-state index contributed by atoms with van der Waals surface area (Å²) in [6.07, 6.45) is 0. The number of carboxylic acid groups (broad SMARTS) is 1. The van der Waals surface area contributed by atoms with Crippen LogP contribution in [0.1, 0.15) is 10.4 Å². The normalized spacial score (nSPS) is 11.5. The summed E-state index contributed by atoms with van der Waals surface area (Å²) in [7, 11) is 2.85. The number of carbonyl (C=O) groups excluding carboxylic acids is 1. The fourth-order valence-corrected chi connectivity index (χ4v) is 1.41. The van der Waals surface area contributed by atoms with Gasteiger partial charge in [-0.25, -0.2) is 4.79 Å². The number of benzene rings is 1. The molecule has 1 aromatic rings. The number of ether oxygens (including phenoxy) is 2. The SMILES string of the molecule is COc1ccc(C(=O)NC(CO)C(=O)O)c(OC)c1. The zero-order valence-electron chi connectivity index (χ0n) is 10.5. The van der Waals surface area contributed by atoms with Crippen LogP contribution in [0.3, 0.4) is 0 Å². The number of amides is 1. The number of rotatable bonds is 6. The fourth-order valence-electron chi connectivity index (χ4n) is 1.41. The highest BCUT2D eigenvalue weighted by Crippen LogP contribution is 2.24. The Morgan fingerprint density at radius 1 is 1.32 bits per heavy atom. The predicted octanol–water partition coefficient (Wildman–Crippen LogP) is -0.121. The Bertz CT molecular complexity index is 473. The monoisotopic (exact) mass is 269 g/mol. The van der Waals surface area contributed by atoms with Crippen LogP contribution in [0.2, 0.25) is 0 Å². The number of hydrogen-bond donors (Lipinski definition) is 3. The van der Waals surface area contributed by atoms with Gasteiger partial charge in [0.2, 0.25) is 0 Å². The van der Waals surface area contributed by atoms with Gasteiger partial charge in [0.25, 0.3) is 5.91 Å². The zero-order chi connectivity index (χ0) is 14.4. The van der Waals surface area contributed by atoms with Gasteiger partial charge in [-0.1, -0.05) is 0 Å². The molecule has 3 N–H and O–H groups in total. The number of hydrogen-bond acceptors (Lipinski definition) is 5. The van der Waals surface area contributed by atoms with Gasteiger partial charge in [0.05, 0.1) is 26.4 Å². The van der Waals surface area contributed by atoms with E-state index in [1.54, 1.807) is 6.07 Å². The highest BCUT2D eigenvalue weighted by molar-refractivity contribution is 5.99. The number of aliphatic carboxylic acids is 1. The van der Waals surface area contributed by atoms with Gasteiger partial charge in [-0.05, 0) is 12.1 Å². The Kier molecular flexibility index (Phi) is 5.13. The van der Waals surface area contributed by atoms with E-state index in [4.69, 9.17) is 19.7 Å². The number of aliphatic hydroxyl groups is 1. The third kappa shape index (κ3) is 3.59. The van der Waals surface area contributed by atoms with Crippen molar-refractivity contribution in [3.05, 3.63) is 23.8 Å². The molecule has 0 aliphatic heterocycles. The summed E-state index contributed by atoms with van der Waals surface area (Å²) in [5.41, 5.74) is 0.156. The lowest BCUT2D eigenvalue weighted by Gasteiger charge is -2.14. The van der Waals surface area contributed by atoms with Gasteiger partial charge >= 0.3 is 5.97 Å². The molecule has 0 bridgehead atoms. The first-order chi connectivity index (χ1) is 9.03. The first kappa shape index (κ1) is 14.8. The Morgan fingerprint density at radius 3 is 2.47 bits per heavy atom. The molecule has 0 spiro atoms. The molecular weight excluding hydrogens is 254 g/mol. The second-order valence-corrected chi connectivity index (χ2v) is 3.61. The molecule has 7 heteroatoms. The molecule has 0 fully saturated rings. The van der Waals surface area contributed by atoms with Crippen LogP contribution in [0.15, 0.2) is 18.2 Å². The molecule has 0 aliphatic carbocycles. The minimum absolute atomic E-state index is 0.156. The predicted molar refractivity (Wildman–Crippen MR) is 65.5 cm³/mol. The number of carboxylic acids is 1. The molecule has 1 amide bonds. The van der Waals surface area contributed by atoms with Crippen molar-refractivity contribution in [1.29, 1.82) is 0 Å². The van der Waals surface area contributed by atoms with Crippen LogP contribution in [0.4, 0.5) is 0 Å². The lowest BCUT2D eigenvalue weighted by atomic mass is 10.1. The smallest absolute Gasteiger partial charge is 0.328 e. The highest BCUT2D eigenvalue weighted by atomic mass is 16.5. The quantitative estimate of drug-likeness (QED) is 0.665. The molecule has 0 aliphatic rings. The minimum atomic E-state index is -1.36. The number of nitrogens with one attached hydrogen (secondary N) is 1. The Hall–Kier alpha value is -2.28. The molecule has 0 radical (unpaired) electrons. The van der Waals surface area contributed by atoms with Crippen molar-refractivity contribution in [3.63, 3.8) is 0 Å². The molecule has 0 aromatic heterocycles. The van der Waals surface area contributed by atoms with Gasteiger partial charge in [0.1, 0.15) is 11.5 Å². The molecule has 0 saturated carbocycles. The van der Waals surface area contributed by atoms with Crippen molar-refractivity contribution >= 4 is 11.9 Å². The lowest BCUT2D eigenvalue weighted by Crippen LogP contribution is -2.43. The molecular formula is C12H15NO6. The van der Waals surface area contributed by atoms with Crippen molar-refractivity contribution in [2.45, 2.75) is 6.04 Å². The maximum Gasteiger partial charge on any atom is 0.328 e. The van der Waals surface area contributed by atoms with Crippen molar-refractivity contribution in [3.8, 4) is 11.5 Å². The standard InChI is InChI=1S/C12H15NO6/c1-18-7-3-4-8(10(5-7)19-2)11(15)13-9(6-14)12(16)17/h3-5,9,14H,6H2,1-2H3,(H,13,15)(H,16,17). The van der Waals surface area contributed by atoms with E-state index < -0.39 is 24.5 Å². The summed E-state index contributed by atoms with van der Waals surface area (Å²) in [5, 5.41) is 19.8. The third-order valence-corrected chi connectivity index (χ3v) is 2.44. The van der Waals surface area contributed by atoms with E-state index in [1.165, 1.54) is 26.4 Å². The maximum absolute atomic E-state index is 11.9.